The van der Waals surface area contributed by atoms with Gasteiger partial charge in [0.2, 0.25) is 0 Å². The van der Waals surface area contributed by atoms with Crippen LogP contribution in [-0.2, 0) is 5.41 Å². The van der Waals surface area contributed by atoms with Crippen LogP contribution in [-0.4, -0.2) is 14.2 Å². The molecular formula is C15H22N2O. The molecule has 0 spiro atoms. The molecule has 0 aliphatic rings. The van der Waals surface area contributed by atoms with Gasteiger partial charge in [-0.05, 0) is 35.7 Å². The molecule has 0 heterocycles. The molecule has 0 bridgehead atoms. The van der Waals surface area contributed by atoms with Crippen LogP contribution in [0.1, 0.15) is 44.4 Å². The first-order valence-electron chi connectivity index (χ1n) is 6.16. The lowest BCUT2D eigenvalue weighted by molar-refractivity contribution is 0.397. The van der Waals surface area contributed by atoms with Gasteiger partial charge in [-0.3, -0.25) is 0 Å². The summed E-state index contributed by atoms with van der Waals surface area (Å²) in [4.78, 5) is 0. The van der Waals surface area contributed by atoms with Gasteiger partial charge in [0, 0.05) is 6.04 Å². The van der Waals surface area contributed by atoms with Crippen molar-refractivity contribution in [2.24, 2.45) is 0 Å². The number of nitriles is 1. The Bertz CT molecular complexity index is 441. The number of methoxy groups -OCH3 is 1. The van der Waals surface area contributed by atoms with Crippen LogP contribution in [0.25, 0.3) is 0 Å². The molecule has 0 aromatic heterocycles. The van der Waals surface area contributed by atoms with Gasteiger partial charge in [0.05, 0.1) is 19.6 Å². The average Bonchev–Trinajstić information content (AvgIpc) is 2.34. The van der Waals surface area contributed by atoms with Gasteiger partial charge in [0.15, 0.2) is 0 Å². The van der Waals surface area contributed by atoms with Crippen LogP contribution in [0.4, 0.5) is 0 Å². The van der Waals surface area contributed by atoms with E-state index in [1.807, 2.05) is 19.2 Å². The molecule has 18 heavy (non-hydrogen) atoms. The fourth-order valence-corrected chi connectivity index (χ4v) is 2.01. The number of nitrogens with one attached hydrogen (secondary N) is 1. The summed E-state index contributed by atoms with van der Waals surface area (Å²) in [6.45, 7) is 6.48. The van der Waals surface area contributed by atoms with E-state index < -0.39 is 0 Å². The zero-order valence-electron chi connectivity index (χ0n) is 11.9. The minimum atomic E-state index is 0.0201. The molecule has 1 aromatic carbocycles. The van der Waals surface area contributed by atoms with Crippen molar-refractivity contribution in [3.8, 4) is 11.8 Å². The van der Waals surface area contributed by atoms with Crippen LogP contribution in [0.2, 0.25) is 0 Å². The third-order valence-electron chi connectivity index (χ3n) is 3.08. The van der Waals surface area contributed by atoms with Crippen molar-refractivity contribution in [1.29, 1.82) is 5.26 Å². The van der Waals surface area contributed by atoms with E-state index in [2.05, 4.69) is 38.2 Å². The van der Waals surface area contributed by atoms with Crippen molar-refractivity contribution in [2.45, 2.75) is 38.6 Å². The van der Waals surface area contributed by atoms with Crippen LogP contribution in [0.15, 0.2) is 18.2 Å². The first-order valence-corrected chi connectivity index (χ1v) is 6.16. The topological polar surface area (TPSA) is 45.0 Å². The normalized spacial score (nSPS) is 12.9. The number of hydrogen-bond acceptors (Lipinski definition) is 3. The molecule has 3 nitrogen and oxygen atoms in total. The summed E-state index contributed by atoms with van der Waals surface area (Å²) in [5.41, 5.74) is 2.32. The van der Waals surface area contributed by atoms with Crippen LogP contribution in [0, 0.1) is 11.3 Å². The summed E-state index contributed by atoms with van der Waals surface area (Å²) >= 11 is 0. The lowest BCUT2D eigenvalue weighted by Crippen LogP contribution is -2.18. The van der Waals surface area contributed by atoms with E-state index in [0.717, 1.165) is 11.3 Å². The molecule has 0 aliphatic heterocycles. The Balaban J connectivity index is 3.22. The molecule has 0 fully saturated rings. The van der Waals surface area contributed by atoms with Crippen molar-refractivity contribution in [1.82, 2.24) is 5.32 Å². The molecule has 1 N–H and O–H groups in total. The Morgan fingerprint density at radius 1 is 1.39 bits per heavy atom. The fraction of sp³-hybridized carbons (Fsp3) is 0.533. The summed E-state index contributed by atoms with van der Waals surface area (Å²) in [5, 5.41) is 12.0. The molecule has 0 aliphatic carbocycles. The largest absolute Gasteiger partial charge is 0.496 e. The number of nitrogens with zero attached hydrogens (tertiary/aromatic N) is 1. The first-order chi connectivity index (χ1) is 8.43. The van der Waals surface area contributed by atoms with Gasteiger partial charge in [0.25, 0.3) is 0 Å². The maximum absolute atomic E-state index is 8.84. The lowest BCUT2D eigenvalue weighted by atomic mass is 9.84. The second kappa shape index (κ2) is 5.88. The van der Waals surface area contributed by atoms with Crippen LogP contribution < -0.4 is 10.1 Å². The smallest absolute Gasteiger partial charge is 0.122 e. The number of benzene rings is 1. The van der Waals surface area contributed by atoms with E-state index in [9.17, 15) is 0 Å². The first kappa shape index (κ1) is 14.5. The zero-order chi connectivity index (χ0) is 13.8. The molecule has 0 saturated carbocycles. The summed E-state index contributed by atoms with van der Waals surface area (Å²) in [6, 6.07) is 8.42. The van der Waals surface area contributed by atoms with Gasteiger partial charge in [-0.2, -0.15) is 5.26 Å². The molecule has 0 radical (unpaired) electrons. The van der Waals surface area contributed by atoms with Gasteiger partial charge in [-0.25, -0.2) is 0 Å². The van der Waals surface area contributed by atoms with Gasteiger partial charge < -0.3 is 10.1 Å². The van der Waals surface area contributed by atoms with Crippen molar-refractivity contribution >= 4 is 0 Å². The molecule has 1 rings (SSSR count). The highest BCUT2D eigenvalue weighted by atomic mass is 16.5. The summed E-state index contributed by atoms with van der Waals surface area (Å²) in [6.07, 6.45) is 0.465. The van der Waals surface area contributed by atoms with Crippen LogP contribution in [0.5, 0.6) is 5.75 Å². The van der Waals surface area contributed by atoms with Crippen LogP contribution in [0.3, 0.4) is 0 Å². The van der Waals surface area contributed by atoms with Gasteiger partial charge in [0.1, 0.15) is 5.75 Å². The SMILES string of the molecule is CNC(CC#N)c1ccc(OC)c(C(C)(C)C)c1. The Kier molecular flexibility index (Phi) is 4.75. The molecule has 98 valence electrons. The Labute approximate surface area is 110 Å². The molecular weight excluding hydrogens is 224 g/mol. The van der Waals surface area contributed by atoms with E-state index in [0.29, 0.717) is 6.42 Å². The highest BCUT2D eigenvalue weighted by Gasteiger charge is 2.21. The molecule has 1 unspecified atom stereocenters. The van der Waals surface area contributed by atoms with Gasteiger partial charge in [-0.15, -0.1) is 0 Å². The van der Waals surface area contributed by atoms with Crippen molar-refractivity contribution < 1.29 is 4.74 Å². The fourth-order valence-electron chi connectivity index (χ4n) is 2.01. The standard InChI is InChI=1S/C15H22N2O/c1-15(2,3)12-10-11(6-7-14(12)18-5)13(17-4)8-9-16/h6-7,10,13,17H,8H2,1-5H3. The van der Waals surface area contributed by atoms with Crippen molar-refractivity contribution in [2.75, 3.05) is 14.2 Å². The summed E-state index contributed by atoms with van der Waals surface area (Å²) < 4.78 is 5.41. The van der Waals surface area contributed by atoms with E-state index in [-0.39, 0.29) is 11.5 Å². The van der Waals surface area contributed by atoms with Crippen molar-refractivity contribution in [3.63, 3.8) is 0 Å². The van der Waals surface area contributed by atoms with Gasteiger partial charge >= 0.3 is 0 Å². The third-order valence-corrected chi connectivity index (χ3v) is 3.08. The second-order valence-corrected chi connectivity index (χ2v) is 5.41. The average molecular weight is 246 g/mol. The van der Waals surface area contributed by atoms with Crippen LogP contribution >= 0.6 is 0 Å². The molecule has 0 saturated heterocycles. The van der Waals surface area contributed by atoms with E-state index in [1.165, 1.54) is 5.56 Å². The Hall–Kier alpha value is -1.53. The van der Waals surface area contributed by atoms with Crippen molar-refractivity contribution in [3.05, 3.63) is 29.3 Å². The number of rotatable bonds is 4. The Morgan fingerprint density at radius 3 is 2.50 bits per heavy atom. The monoisotopic (exact) mass is 246 g/mol. The van der Waals surface area contributed by atoms with Gasteiger partial charge in [-0.1, -0.05) is 26.8 Å². The second-order valence-electron chi connectivity index (χ2n) is 5.41. The maximum Gasteiger partial charge on any atom is 0.122 e. The quantitative estimate of drug-likeness (QED) is 0.887. The number of hydrogen-bond donors (Lipinski definition) is 1. The summed E-state index contributed by atoms with van der Waals surface area (Å²) in [7, 11) is 3.57. The van der Waals surface area contributed by atoms with E-state index in [4.69, 9.17) is 10.00 Å². The Morgan fingerprint density at radius 2 is 2.06 bits per heavy atom. The third kappa shape index (κ3) is 3.24. The predicted molar refractivity (Wildman–Crippen MR) is 73.7 cm³/mol. The zero-order valence-corrected chi connectivity index (χ0v) is 11.9. The molecule has 0 amide bonds. The number of ether oxygens (including phenoxy) is 1. The lowest BCUT2D eigenvalue weighted by Gasteiger charge is -2.24. The molecule has 1 aromatic rings. The highest BCUT2D eigenvalue weighted by molar-refractivity contribution is 5.42. The molecule has 1 atom stereocenters. The minimum Gasteiger partial charge on any atom is -0.496 e. The van der Waals surface area contributed by atoms with E-state index >= 15 is 0 Å². The summed E-state index contributed by atoms with van der Waals surface area (Å²) in [5.74, 6) is 0.901. The maximum atomic E-state index is 8.84. The molecule has 3 heteroatoms. The van der Waals surface area contributed by atoms with E-state index in [1.54, 1.807) is 7.11 Å². The highest BCUT2D eigenvalue weighted by Crippen LogP contribution is 2.33. The minimum absolute atomic E-state index is 0.0201. The predicted octanol–water partition coefficient (Wildman–Crippen LogP) is 3.17.